The van der Waals surface area contributed by atoms with E-state index in [-0.39, 0.29) is 11.9 Å². The standard InChI is InChI=1S/C13H16Cl2N2O2/c1-9(17-5-7-19-8-6-17)13(18)16-12-10(14)3-2-4-11(12)15/h2-4,9H,5-8H2,1H3,(H,16,18)/p+1/t9-/m0/s1. The Bertz CT molecular complexity index is 442. The molecule has 0 spiro atoms. The first-order valence-electron chi connectivity index (χ1n) is 6.27. The molecular formula is C13H17Cl2N2O2+. The molecule has 1 aromatic carbocycles. The second-order valence-electron chi connectivity index (χ2n) is 4.58. The van der Waals surface area contributed by atoms with Crippen LogP contribution in [0.3, 0.4) is 0 Å². The number of carbonyl (C=O) groups is 1. The van der Waals surface area contributed by atoms with E-state index >= 15 is 0 Å². The minimum Gasteiger partial charge on any atom is -0.370 e. The highest BCUT2D eigenvalue weighted by Crippen LogP contribution is 2.29. The minimum absolute atomic E-state index is 0.0769. The minimum atomic E-state index is -0.156. The molecule has 1 atom stereocenters. The van der Waals surface area contributed by atoms with Gasteiger partial charge in [0.2, 0.25) is 0 Å². The number of morpholine rings is 1. The van der Waals surface area contributed by atoms with Crippen molar-refractivity contribution in [1.29, 1.82) is 0 Å². The van der Waals surface area contributed by atoms with E-state index in [0.717, 1.165) is 13.1 Å². The fraction of sp³-hybridized carbons (Fsp3) is 0.462. The number of nitrogens with one attached hydrogen (secondary N) is 2. The molecular weight excluding hydrogens is 287 g/mol. The van der Waals surface area contributed by atoms with Gasteiger partial charge in [0, 0.05) is 0 Å². The van der Waals surface area contributed by atoms with Crippen LogP contribution in [-0.2, 0) is 9.53 Å². The van der Waals surface area contributed by atoms with Gasteiger partial charge in [-0.05, 0) is 19.1 Å². The Morgan fingerprint density at radius 2 is 1.89 bits per heavy atom. The fourth-order valence-corrected chi connectivity index (χ4v) is 2.59. The molecule has 1 saturated heterocycles. The highest BCUT2D eigenvalue weighted by atomic mass is 35.5. The van der Waals surface area contributed by atoms with E-state index in [1.54, 1.807) is 18.2 Å². The molecule has 1 fully saturated rings. The van der Waals surface area contributed by atoms with Crippen molar-refractivity contribution in [3.8, 4) is 0 Å². The molecule has 0 aliphatic carbocycles. The summed E-state index contributed by atoms with van der Waals surface area (Å²) in [6, 6.07) is 5.00. The summed E-state index contributed by atoms with van der Waals surface area (Å²) in [5, 5.41) is 3.71. The van der Waals surface area contributed by atoms with Crippen LogP contribution in [0.1, 0.15) is 6.92 Å². The molecule has 1 aromatic rings. The summed E-state index contributed by atoms with van der Waals surface area (Å²) in [5.41, 5.74) is 0.482. The Morgan fingerprint density at radius 3 is 2.47 bits per heavy atom. The lowest BCUT2D eigenvalue weighted by Crippen LogP contribution is -3.18. The predicted molar refractivity (Wildman–Crippen MR) is 76.1 cm³/mol. The monoisotopic (exact) mass is 303 g/mol. The van der Waals surface area contributed by atoms with Gasteiger partial charge in [-0.3, -0.25) is 4.79 Å². The van der Waals surface area contributed by atoms with Crippen LogP contribution in [0, 0.1) is 0 Å². The summed E-state index contributed by atoms with van der Waals surface area (Å²) in [5.74, 6) is -0.0769. The van der Waals surface area contributed by atoms with Crippen molar-refractivity contribution in [2.75, 3.05) is 31.6 Å². The van der Waals surface area contributed by atoms with Crippen LogP contribution in [0.2, 0.25) is 10.0 Å². The summed E-state index contributed by atoms with van der Waals surface area (Å²) in [4.78, 5) is 13.4. The lowest BCUT2D eigenvalue weighted by atomic mass is 10.2. The average Bonchev–Trinajstić information content (AvgIpc) is 2.43. The first-order valence-corrected chi connectivity index (χ1v) is 7.02. The maximum absolute atomic E-state index is 12.2. The van der Waals surface area contributed by atoms with Crippen molar-refractivity contribution < 1.29 is 14.4 Å². The van der Waals surface area contributed by atoms with Crippen LogP contribution >= 0.6 is 23.2 Å². The number of hydrogen-bond donors (Lipinski definition) is 2. The van der Waals surface area contributed by atoms with Gasteiger partial charge < -0.3 is 15.0 Å². The molecule has 0 radical (unpaired) electrons. The zero-order valence-electron chi connectivity index (χ0n) is 10.7. The number of ether oxygens (including phenoxy) is 1. The molecule has 2 rings (SSSR count). The van der Waals surface area contributed by atoms with E-state index in [4.69, 9.17) is 27.9 Å². The summed E-state index contributed by atoms with van der Waals surface area (Å²) in [7, 11) is 0. The quantitative estimate of drug-likeness (QED) is 0.882. The second-order valence-corrected chi connectivity index (χ2v) is 5.39. The number of amides is 1. The number of quaternary nitrogens is 1. The molecule has 0 aromatic heterocycles. The van der Waals surface area contributed by atoms with Crippen molar-refractivity contribution in [3.63, 3.8) is 0 Å². The van der Waals surface area contributed by atoms with Crippen molar-refractivity contribution in [2.45, 2.75) is 13.0 Å². The molecule has 104 valence electrons. The van der Waals surface area contributed by atoms with E-state index in [0.29, 0.717) is 28.9 Å². The molecule has 1 aliphatic heterocycles. The summed E-state index contributed by atoms with van der Waals surface area (Å²) in [6.07, 6.45) is 0. The number of benzene rings is 1. The van der Waals surface area contributed by atoms with E-state index in [1.807, 2.05) is 6.92 Å². The molecule has 19 heavy (non-hydrogen) atoms. The Kier molecular flexibility index (Phi) is 5.05. The number of hydrogen-bond acceptors (Lipinski definition) is 2. The molecule has 0 saturated carbocycles. The largest absolute Gasteiger partial charge is 0.370 e. The highest BCUT2D eigenvalue weighted by Gasteiger charge is 2.27. The van der Waals surface area contributed by atoms with Crippen LogP contribution in [0.4, 0.5) is 5.69 Å². The van der Waals surface area contributed by atoms with Crippen molar-refractivity contribution in [3.05, 3.63) is 28.2 Å². The van der Waals surface area contributed by atoms with Crippen LogP contribution < -0.4 is 10.2 Å². The van der Waals surface area contributed by atoms with Crippen LogP contribution in [0.15, 0.2) is 18.2 Å². The first-order chi connectivity index (χ1) is 9.09. The van der Waals surface area contributed by atoms with Gasteiger partial charge in [0.15, 0.2) is 6.04 Å². The third-order valence-electron chi connectivity index (χ3n) is 3.35. The number of rotatable bonds is 3. The van der Waals surface area contributed by atoms with Gasteiger partial charge in [-0.2, -0.15) is 0 Å². The Morgan fingerprint density at radius 1 is 1.32 bits per heavy atom. The maximum atomic E-state index is 12.2. The number of anilines is 1. The average molecular weight is 304 g/mol. The van der Waals surface area contributed by atoms with Gasteiger partial charge in [0.1, 0.15) is 13.1 Å². The zero-order chi connectivity index (χ0) is 13.8. The fourth-order valence-electron chi connectivity index (χ4n) is 2.10. The predicted octanol–water partition coefficient (Wildman–Crippen LogP) is 1.24. The van der Waals surface area contributed by atoms with Crippen molar-refractivity contribution in [2.24, 2.45) is 0 Å². The molecule has 4 nitrogen and oxygen atoms in total. The normalized spacial score (nSPS) is 18.1. The van der Waals surface area contributed by atoms with Gasteiger partial charge in [0.05, 0.1) is 28.9 Å². The molecule has 0 unspecified atom stereocenters. The highest BCUT2D eigenvalue weighted by molar-refractivity contribution is 6.39. The van der Waals surface area contributed by atoms with Gasteiger partial charge in [0.25, 0.3) is 5.91 Å². The Balaban J connectivity index is 2.04. The number of halogens is 2. The second kappa shape index (κ2) is 6.57. The molecule has 1 amide bonds. The van der Waals surface area contributed by atoms with Gasteiger partial charge in [-0.15, -0.1) is 0 Å². The Hall–Kier alpha value is -0.810. The molecule has 1 heterocycles. The SMILES string of the molecule is C[C@@H](C(=O)Nc1c(Cl)cccc1Cl)[NH+]1CCOCC1. The molecule has 1 aliphatic rings. The van der Waals surface area contributed by atoms with E-state index in [1.165, 1.54) is 4.90 Å². The number of para-hydroxylation sites is 1. The third kappa shape index (κ3) is 3.60. The smallest absolute Gasteiger partial charge is 0.282 e. The van der Waals surface area contributed by atoms with Crippen molar-refractivity contribution >= 4 is 34.8 Å². The lowest BCUT2D eigenvalue weighted by molar-refractivity contribution is -0.921. The first kappa shape index (κ1) is 14.6. The lowest BCUT2D eigenvalue weighted by Gasteiger charge is -2.28. The molecule has 2 N–H and O–H groups in total. The van der Waals surface area contributed by atoms with Gasteiger partial charge in [-0.1, -0.05) is 29.3 Å². The van der Waals surface area contributed by atoms with Crippen LogP contribution in [-0.4, -0.2) is 38.3 Å². The van der Waals surface area contributed by atoms with Crippen LogP contribution in [0.5, 0.6) is 0 Å². The topological polar surface area (TPSA) is 42.8 Å². The molecule has 6 heteroatoms. The van der Waals surface area contributed by atoms with E-state index < -0.39 is 0 Å². The zero-order valence-corrected chi connectivity index (χ0v) is 12.2. The summed E-state index contributed by atoms with van der Waals surface area (Å²) >= 11 is 12.1. The van der Waals surface area contributed by atoms with Crippen molar-refractivity contribution in [1.82, 2.24) is 0 Å². The van der Waals surface area contributed by atoms with Crippen LogP contribution in [0.25, 0.3) is 0 Å². The Labute approximate surface area is 122 Å². The summed E-state index contributed by atoms with van der Waals surface area (Å²) < 4.78 is 5.29. The third-order valence-corrected chi connectivity index (χ3v) is 3.98. The summed E-state index contributed by atoms with van der Waals surface area (Å²) in [6.45, 7) is 4.97. The molecule has 0 bridgehead atoms. The maximum Gasteiger partial charge on any atom is 0.282 e. The van der Waals surface area contributed by atoms with E-state index in [9.17, 15) is 4.79 Å². The van der Waals surface area contributed by atoms with Gasteiger partial charge in [-0.25, -0.2) is 0 Å². The van der Waals surface area contributed by atoms with Gasteiger partial charge >= 0.3 is 0 Å². The number of carbonyl (C=O) groups excluding carboxylic acids is 1. The van der Waals surface area contributed by atoms with E-state index in [2.05, 4.69) is 5.32 Å².